The first kappa shape index (κ1) is 10.6. The third-order valence-corrected chi connectivity index (χ3v) is 4.23. The number of para-hydroxylation sites is 1. The molecule has 0 spiro atoms. The van der Waals surface area contributed by atoms with Crippen LogP contribution in [0.5, 0.6) is 0 Å². The third kappa shape index (κ3) is 1.20. The van der Waals surface area contributed by atoms with Gasteiger partial charge in [0, 0.05) is 18.7 Å². The molecule has 0 aromatic heterocycles. The minimum atomic E-state index is -0.455. The Balaban J connectivity index is 2.13. The molecule has 1 aromatic rings. The van der Waals surface area contributed by atoms with Gasteiger partial charge >= 0.3 is 5.97 Å². The number of hydrogen-bond acceptors (Lipinski definition) is 3. The Morgan fingerprint density at radius 1 is 1.47 bits per heavy atom. The Bertz CT molecular complexity index is 483. The molecule has 2 heterocycles. The molecule has 0 N–H and O–H groups in total. The monoisotopic (exact) mass is 231 g/mol. The van der Waals surface area contributed by atoms with Crippen LogP contribution in [0.4, 0.5) is 5.69 Å². The fourth-order valence-corrected chi connectivity index (χ4v) is 3.35. The fourth-order valence-electron chi connectivity index (χ4n) is 3.35. The molecule has 3 heteroatoms. The van der Waals surface area contributed by atoms with E-state index in [1.807, 2.05) is 0 Å². The second kappa shape index (κ2) is 3.49. The Morgan fingerprint density at radius 3 is 2.94 bits per heavy atom. The number of methoxy groups -OCH3 is 1. The van der Waals surface area contributed by atoms with Crippen LogP contribution in [0.15, 0.2) is 18.2 Å². The van der Waals surface area contributed by atoms with Crippen molar-refractivity contribution in [2.45, 2.75) is 31.7 Å². The highest BCUT2D eigenvalue weighted by molar-refractivity contribution is 5.90. The van der Waals surface area contributed by atoms with Gasteiger partial charge in [-0.25, -0.2) is 4.79 Å². The summed E-state index contributed by atoms with van der Waals surface area (Å²) in [5.74, 6) is -0.0935. The zero-order valence-electron chi connectivity index (χ0n) is 10.3. The molecule has 17 heavy (non-hydrogen) atoms. The summed E-state index contributed by atoms with van der Waals surface area (Å²) in [6.45, 7) is 3.01. The van der Waals surface area contributed by atoms with Crippen molar-refractivity contribution in [1.82, 2.24) is 0 Å². The SMILES string of the molecule is CCC1(C(=O)OC)Cc2cccc3c2N1CC3. The van der Waals surface area contributed by atoms with Gasteiger partial charge in [-0.15, -0.1) is 0 Å². The third-order valence-electron chi connectivity index (χ3n) is 4.23. The van der Waals surface area contributed by atoms with Gasteiger partial charge in [0.25, 0.3) is 0 Å². The average Bonchev–Trinajstić information content (AvgIpc) is 2.93. The predicted octanol–water partition coefficient (Wildman–Crippen LogP) is 1.93. The van der Waals surface area contributed by atoms with Crippen molar-refractivity contribution in [3.05, 3.63) is 29.3 Å². The topological polar surface area (TPSA) is 29.5 Å². The highest BCUT2D eigenvalue weighted by atomic mass is 16.5. The van der Waals surface area contributed by atoms with Crippen molar-refractivity contribution < 1.29 is 9.53 Å². The van der Waals surface area contributed by atoms with Crippen LogP contribution in [0.25, 0.3) is 0 Å². The van der Waals surface area contributed by atoms with Crippen molar-refractivity contribution in [2.24, 2.45) is 0 Å². The summed E-state index contributed by atoms with van der Waals surface area (Å²) in [6.07, 6.45) is 2.63. The number of rotatable bonds is 2. The first-order valence-corrected chi connectivity index (χ1v) is 6.20. The summed E-state index contributed by atoms with van der Waals surface area (Å²) in [6, 6.07) is 6.40. The lowest BCUT2D eigenvalue weighted by atomic mass is 9.90. The molecule has 0 amide bonds. The van der Waals surface area contributed by atoms with Crippen LogP contribution in [0, 0.1) is 0 Å². The van der Waals surface area contributed by atoms with Gasteiger partial charge in [0.05, 0.1) is 7.11 Å². The van der Waals surface area contributed by atoms with E-state index in [0.29, 0.717) is 0 Å². The zero-order valence-corrected chi connectivity index (χ0v) is 10.3. The first-order chi connectivity index (χ1) is 8.23. The second-order valence-electron chi connectivity index (χ2n) is 4.88. The Hall–Kier alpha value is -1.51. The van der Waals surface area contributed by atoms with Gasteiger partial charge in [0.15, 0.2) is 0 Å². The van der Waals surface area contributed by atoms with E-state index < -0.39 is 5.54 Å². The number of anilines is 1. The summed E-state index contributed by atoms with van der Waals surface area (Å²) in [7, 11) is 1.49. The molecule has 0 bridgehead atoms. The van der Waals surface area contributed by atoms with Crippen LogP contribution in [-0.2, 0) is 22.4 Å². The van der Waals surface area contributed by atoms with Crippen molar-refractivity contribution in [1.29, 1.82) is 0 Å². The van der Waals surface area contributed by atoms with Crippen LogP contribution in [0.2, 0.25) is 0 Å². The van der Waals surface area contributed by atoms with Gasteiger partial charge in [0.2, 0.25) is 0 Å². The zero-order chi connectivity index (χ0) is 12.0. The van der Waals surface area contributed by atoms with E-state index in [1.54, 1.807) is 0 Å². The van der Waals surface area contributed by atoms with Gasteiger partial charge in [-0.2, -0.15) is 0 Å². The van der Waals surface area contributed by atoms with Gasteiger partial charge < -0.3 is 9.64 Å². The van der Waals surface area contributed by atoms with E-state index in [2.05, 4.69) is 30.0 Å². The quantitative estimate of drug-likeness (QED) is 0.728. The number of carbonyl (C=O) groups excluding carboxylic acids is 1. The summed E-state index contributed by atoms with van der Waals surface area (Å²) >= 11 is 0. The van der Waals surface area contributed by atoms with Crippen molar-refractivity contribution >= 4 is 11.7 Å². The molecular formula is C14H17NO2. The number of hydrogen-bond donors (Lipinski definition) is 0. The molecule has 0 radical (unpaired) electrons. The Labute approximate surface area is 101 Å². The average molecular weight is 231 g/mol. The molecule has 3 nitrogen and oxygen atoms in total. The summed E-state index contributed by atoms with van der Waals surface area (Å²) in [4.78, 5) is 14.4. The minimum absolute atomic E-state index is 0.0935. The summed E-state index contributed by atoms with van der Waals surface area (Å²) in [5.41, 5.74) is 3.51. The van der Waals surface area contributed by atoms with E-state index in [9.17, 15) is 4.79 Å². The molecule has 0 fully saturated rings. The molecule has 0 saturated heterocycles. The van der Waals surface area contributed by atoms with Crippen LogP contribution < -0.4 is 4.90 Å². The smallest absolute Gasteiger partial charge is 0.332 e. The lowest BCUT2D eigenvalue weighted by Crippen LogP contribution is -2.53. The van der Waals surface area contributed by atoms with E-state index >= 15 is 0 Å². The maximum atomic E-state index is 12.2. The first-order valence-electron chi connectivity index (χ1n) is 6.20. The number of esters is 1. The molecule has 1 atom stereocenters. The van der Waals surface area contributed by atoms with E-state index in [-0.39, 0.29) is 5.97 Å². The molecule has 1 aromatic carbocycles. The van der Waals surface area contributed by atoms with Crippen molar-refractivity contribution in [3.63, 3.8) is 0 Å². The van der Waals surface area contributed by atoms with Gasteiger partial charge in [-0.1, -0.05) is 25.1 Å². The molecule has 2 aliphatic rings. The standard InChI is InChI=1S/C14H17NO2/c1-3-14(13(16)17-2)9-11-6-4-5-10-7-8-15(14)12(10)11/h4-6H,3,7-9H2,1-2H3. The van der Waals surface area contributed by atoms with Gasteiger partial charge in [-0.3, -0.25) is 0 Å². The fraction of sp³-hybridized carbons (Fsp3) is 0.500. The molecule has 0 aliphatic carbocycles. The second-order valence-corrected chi connectivity index (χ2v) is 4.88. The van der Waals surface area contributed by atoms with Crippen LogP contribution >= 0.6 is 0 Å². The van der Waals surface area contributed by atoms with Crippen molar-refractivity contribution in [3.8, 4) is 0 Å². The molecule has 0 saturated carbocycles. The number of carbonyl (C=O) groups is 1. The summed E-state index contributed by atoms with van der Waals surface area (Å²) < 4.78 is 5.03. The van der Waals surface area contributed by atoms with E-state index in [4.69, 9.17) is 4.74 Å². The van der Waals surface area contributed by atoms with Crippen molar-refractivity contribution in [2.75, 3.05) is 18.6 Å². The van der Waals surface area contributed by atoms with Gasteiger partial charge in [-0.05, 0) is 24.0 Å². The normalized spacial score (nSPS) is 24.9. The van der Waals surface area contributed by atoms with E-state index in [1.165, 1.54) is 23.9 Å². The van der Waals surface area contributed by atoms with E-state index in [0.717, 1.165) is 25.8 Å². The van der Waals surface area contributed by atoms with Gasteiger partial charge in [0.1, 0.15) is 5.54 Å². The Kier molecular flexibility index (Phi) is 2.18. The van der Waals surface area contributed by atoms with Crippen LogP contribution in [0.3, 0.4) is 0 Å². The lowest BCUT2D eigenvalue weighted by molar-refractivity contribution is -0.147. The molecular weight excluding hydrogens is 214 g/mol. The summed E-state index contributed by atoms with van der Waals surface area (Å²) in [5, 5.41) is 0. The maximum absolute atomic E-state index is 12.2. The number of ether oxygens (including phenoxy) is 1. The molecule has 1 unspecified atom stereocenters. The minimum Gasteiger partial charge on any atom is -0.467 e. The van der Waals surface area contributed by atoms with Crippen LogP contribution in [-0.4, -0.2) is 25.2 Å². The van der Waals surface area contributed by atoms with Crippen LogP contribution in [0.1, 0.15) is 24.5 Å². The largest absolute Gasteiger partial charge is 0.467 e. The molecule has 2 aliphatic heterocycles. The predicted molar refractivity (Wildman–Crippen MR) is 66.2 cm³/mol. The molecule has 90 valence electrons. The highest BCUT2D eigenvalue weighted by Crippen LogP contribution is 2.46. The Morgan fingerprint density at radius 2 is 2.24 bits per heavy atom. The number of benzene rings is 1. The number of nitrogens with zero attached hydrogens (tertiary/aromatic N) is 1. The lowest BCUT2D eigenvalue weighted by Gasteiger charge is -2.34. The maximum Gasteiger partial charge on any atom is 0.332 e. The highest BCUT2D eigenvalue weighted by Gasteiger charge is 2.51. The molecule has 3 rings (SSSR count).